The molecule has 0 radical (unpaired) electrons. The molecule has 0 saturated carbocycles. The summed E-state index contributed by atoms with van der Waals surface area (Å²) in [5, 5.41) is 2.16. The second kappa shape index (κ2) is 3.07. The molecule has 1 unspecified atom stereocenters. The second-order valence-corrected chi connectivity index (χ2v) is 2.75. The molecule has 0 spiro atoms. The van der Waals surface area contributed by atoms with E-state index >= 15 is 0 Å². The molecule has 1 atom stereocenters. The van der Waals surface area contributed by atoms with Gasteiger partial charge in [-0.15, -0.1) is 0 Å². The SMILES string of the molecule is [2H]C1([2H])C(=C)NC(=O)C([2H])(C(C)C)C1([2H])[2H]. The van der Waals surface area contributed by atoms with Gasteiger partial charge in [-0.2, -0.15) is 0 Å². The summed E-state index contributed by atoms with van der Waals surface area (Å²) in [4.78, 5) is 11.7. The van der Waals surface area contributed by atoms with Crippen LogP contribution in [-0.2, 0) is 4.79 Å². The standard InChI is InChI=1S/C9H15NO/c1-6(2)8-5-4-7(3)10-9(8)11/h6,8H,3-5H2,1-2H3,(H,10,11)/i4D2,5D2,8D. The third-order valence-corrected chi connectivity index (χ3v) is 1.43. The molecule has 0 bridgehead atoms. The molecular formula is C9H15NO. The van der Waals surface area contributed by atoms with Gasteiger partial charge in [-0.1, -0.05) is 20.4 Å². The zero-order valence-corrected chi connectivity index (χ0v) is 6.69. The lowest BCUT2D eigenvalue weighted by Crippen LogP contribution is -2.37. The van der Waals surface area contributed by atoms with E-state index in [1.54, 1.807) is 0 Å². The van der Waals surface area contributed by atoms with Crippen LogP contribution in [0.25, 0.3) is 0 Å². The van der Waals surface area contributed by atoms with Crippen molar-refractivity contribution in [3.63, 3.8) is 0 Å². The van der Waals surface area contributed by atoms with Gasteiger partial charge in [0, 0.05) is 18.4 Å². The Morgan fingerprint density at radius 3 is 3.09 bits per heavy atom. The van der Waals surface area contributed by atoms with Crippen LogP contribution in [0.1, 0.15) is 33.4 Å². The van der Waals surface area contributed by atoms with E-state index in [2.05, 4.69) is 11.9 Å². The fourth-order valence-corrected chi connectivity index (χ4v) is 0.842. The summed E-state index contributed by atoms with van der Waals surface area (Å²) in [5.41, 5.74) is -0.328. The Bertz CT molecular complexity index is 352. The number of carbonyl (C=O) groups is 1. The van der Waals surface area contributed by atoms with Gasteiger partial charge in [0.25, 0.3) is 0 Å². The fourth-order valence-electron chi connectivity index (χ4n) is 0.842. The molecule has 62 valence electrons. The molecule has 1 saturated heterocycles. The average Bonchev–Trinajstić information content (AvgIpc) is 2.13. The summed E-state index contributed by atoms with van der Waals surface area (Å²) in [6, 6.07) is 0. The maximum absolute atomic E-state index is 11.7. The molecule has 0 aromatic heterocycles. The summed E-state index contributed by atoms with van der Waals surface area (Å²) in [5.74, 6) is -3.64. The molecule has 1 N–H and O–H groups in total. The predicted molar refractivity (Wildman–Crippen MR) is 44.8 cm³/mol. The number of rotatable bonds is 1. The Morgan fingerprint density at radius 2 is 2.55 bits per heavy atom. The average molecular weight is 158 g/mol. The first-order chi connectivity index (χ1) is 6.99. The van der Waals surface area contributed by atoms with Crippen molar-refractivity contribution in [3.05, 3.63) is 12.3 Å². The third-order valence-electron chi connectivity index (χ3n) is 1.43. The van der Waals surface area contributed by atoms with Crippen molar-refractivity contribution in [2.45, 2.75) is 26.6 Å². The topological polar surface area (TPSA) is 29.1 Å². The molecule has 0 aromatic rings. The first-order valence-electron chi connectivity index (χ1n) is 6.00. The Labute approximate surface area is 74.7 Å². The maximum atomic E-state index is 11.7. The maximum Gasteiger partial charge on any atom is 0.227 e. The van der Waals surface area contributed by atoms with Crippen molar-refractivity contribution in [1.29, 1.82) is 0 Å². The van der Waals surface area contributed by atoms with Crippen LogP contribution in [-0.4, -0.2) is 5.91 Å². The van der Waals surface area contributed by atoms with Crippen LogP contribution >= 0.6 is 0 Å². The van der Waals surface area contributed by atoms with Crippen LogP contribution in [0.15, 0.2) is 12.3 Å². The molecule has 0 aliphatic carbocycles. The first kappa shape index (κ1) is 3.74. The van der Waals surface area contributed by atoms with E-state index in [0.29, 0.717) is 0 Å². The minimum absolute atomic E-state index is 0.328. The van der Waals surface area contributed by atoms with E-state index in [0.717, 1.165) is 0 Å². The zero-order chi connectivity index (χ0) is 12.9. The quantitative estimate of drug-likeness (QED) is 0.618. The van der Waals surface area contributed by atoms with Crippen molar-refractivity contribution in [3.8, 4) is 0 Å². The van der Waals surface area contributed by atoms with Crippen LogP contribution in [0, 0.1) is 11.8 Å². The van der Waals surface area contributed by atoms with Crippen LogP contribution in [0.3, 0.4) is 0 Å². The van der Waals surface area contributed by atoms with Gasteiger partial charge >= 0.3 is 0 Å². The summed E-state index contributed by atoms with van der Waals surface area (Å²) in [7, 11) is 0. The number of nitrogens with one attached hydrogen (secondary N) is 1. The molecule has 1 aliphatic rings. The van der Waals surface area contributed by atoms with Crippen LogP contribution in [0.5, 0.6) is 0 Å². The Kier molecular flexibility index (Phi) is 1.05. The highest BCUT2D eigenvalue weighted by Crippen LogP contribution is 2.23. The lowest BCUT2D eigenvalue weighted by molar-refractivity contribution is -0.126. The normalized spacial score (nSPS) is 48.1. The van der Waals surface area contributed by atoms with Crippen LogP contribution in [0.2, 0.25) is 0 Å². The molecular weight excluding hydrogens is 138 g/mol. The largest absolute Gasteiger partial charge is 0.330 e. The van der Waals surface area contributed by atoms with Gasteiger partial charge < -0.3 is 5.32 Å². The molecule has 1 amide bonds. The van der Waals surface area contributed by atoms with Crippen molar-refractivity contribution >= 4 is 5.91 Å². The number of amides is 1. The molecule has 1 aliphatic heterocycles. The number of allylic oxidation sites excluding steroid dienone is 1. The van der Waals surface area contributed by atoms with Crippen molar-refractivity contribution in [2.24, 2.45) is 11.8 Å². The lowest BCUT2D eigenvalue weighted by Gasteiger charge is -2.25. The van der Waals surface area contributed by atoms with E-state index in [9.17, 15) is 4.79 Å². The van der Waals surface area contributed by atoms with Crippen molar-refractivity contribution < 1.29 is 11.6 Å². The Balaban J connectivity index is 3.41. The highest BCUT2D eigenvalue weighted by molar-refractivity contribution is 5.81. The number of carbonyl (C=O) groups excluding carboxylic acids is 1. The monoisotopic (exact) mass is 158 g/mol. The van der Waals surface area contributed by atoms with Gasteiger partial charge in [-0.25, -0.2) is 0 Å². The number of hydrogen-bond acceptors (Lipinski definition) is 1. The highest BCUT2D eigenvalue weighted by atomic mass is 16.2. The fraction of sp³-hybridized carbons (Fsp3) is 0.667. The summed E-state index contributed by atoms with van der Waals surface area (Å²) in [6.07, 6.45) is -5.07. The minimum Gasteiger partial charge on any atom is -0.330 e. The third kappa shape index (κ3) is 1.82. The van der Waals surface area contributed by atoms with E-state index in [4.69, 9.17) is 6.85 Å². The summed E-state index contributed by atoms with van der Waals surface area (Å²) < 4.78 is 38.7. The van der Waals surface area contributed by atoms with Gasteiger partial charge in [-0.3, -0.25) is 4.79 Å². The zero-order valence-electron chi connectivity index (χ0n) is 11.7. The molecule has 1 rings (SSSR count). The van der Waals surface area contributed by atoms with Crippen LogP contribution in [0.4, 0.5) is 0 Å². The Hall–Kier alpha value is -0.790. The minimum atomic E-state index is -2.62. The Morgan fingerprint density at radius 1 is 1.91 bits per heavy atom. The van der Waals surface area contributed by atoms with Gasteiger partial charge in [0.05, 0.1) is 0 Å². The molecule has 1 fully saturated rings. The molecule has 1 heterocycles. The first-order valence-corrected chi connectivity index (χ1v) is 3.50. The van der Waals surface area contributed by atoms with Gasteiger partial charge in [0.15, 0.2) is 0 Å². The van der Waals surface area contributed by atoms with Gasteiger partial charge in [0.1, 0.15) is 0 Å². The number of piperidine rings is 1. The van der Waals surface area contributed by atoms with E-state index in [-0.39, 0.29) is 5.70 Å². The van der Waals surface area contributed by atoms with Gasteiger partial charge in [0.2, 0.25) is 5.91 Å². The number of hydrogen-bond donors (Lipinski definition) is 1. The van der Waals surface area contributed by atoms with E-state index < -0.39 is 30.5 Å². The van der Waals surface area contributed by atoms with Crippen LogP contribution < -0.4 is 5.32 Å². The lowest BCUT2D eigenvalue weighted by atomic mass is 9.87. The van der Waals surface area contributed by atoms with Gasteiger partial charge in [-0.05, 0) is 18.7 Å². The van der Waals surface area contributed by atoms with E-state index in [1.165, 1.54) is 13.8 Å². The molecule has 2 nitrogen and oxygen atoms in total. The van der Waals surface area contributed by atoms with Crippen molar-refractivity contribution in [1.82, 2.24) is 5.32 Å². The summed E-state index contributed by atoms with van der Waals surface area (Å²) in [6.45, 7) is 6.35. The van der Waals surface area contributed by atoms with E-state index in [1.807, 2.05) is 0 Å². The molecule has 11 heavy (non-hydrogen) atoms. The summed E-state index contributed by atoms with van der Waals surface area (Å²) >= 11 is 0. The highest BCUT2D eigenvalue weighted by Gasteiger charge is 2.25. The second-order valence-electron chi connectivity index (χ2n) is 2.75. The smallest absolute Gasteiger partial charge is 0.227 e. The molecule has 2 heteroatoms. The molecule has 0 aromatic carbocycles. The predicted octanol–water partition coefficient (Wildman–Crippen LogP) is 1.68. The van der Waals surface area contributed by atoms with Crippen molar-refractivity contribution in [2.75, 3.05) is 0 Å².